The van der Waals surface area contributed by atoms with E-state index >= 15 is 0 Å². The molecule has 2 aliphatic rings. The second-order valence-electron chi connectivity index (χ2n) is 12.9. The van der Waals surface area contributed by atoms with Gasteiger partial charge < -0.3 is 4.90 Å². The molecule has 9 rings (SSSR count). The van der Waals surface area contributed by atoms with Crippen molar-refractivity contribution in [3.8, 4) is 34.2 Å². The maximum atomic E-state index is 5.03. The molecule has 0 unspecified atom stereocenters. The predicted octanol–water partition coefficient (Wildman–Crippen LogP) is 11.0. The van der Waals surface area contributed by atoms with Crippen molar-refractivity contribution < 1.29 is 0 Å². The van der Waals surface area contributed by atoms with Crippen molar-refractivity contribution in [1.82, 2.24) is 15.0 Å². The summed E-state index contributed by atoms with van der Waals surface area (Å²) in [4.78, 5) is 20.1. The SMILES string of the molecule is CC1(C)c2ccccc2N(c2cccc(-c3nc(-c4ccccc4)nc(-c4ccccc4)n3)c2)c2ccc3c(c21)Sc1ccccc1C3. The van der Waals surface area contributed by atoms with Crippen LogP contribution in [0.5, 0.6) is 0 Å². The molecule has 7 aromatic rings. The van der Waals surface area contributed by atoms with Crippen LogP contribution in [0.3, 0.4) is 0 Å². The zero-order chi connectivity index (χ0) is 32.2. The highest BCUT2D eigenvalue weighted by Crippen LogP contribution is 2.57. The summed E-state index contributed by atoms with van der Waals surface area (Å²) in [6.45, 7) is 4.75. The number of aromatic nitrogens is 3. The van der Waals surface area contributed by atoms with Gasteiger partial charge in [-0.15, -0.1) is 0 Å². The number of para-hydroxylation sites is 1. The molecule has 0 aliphatic carbocycles. The van der Waals surface area contributed by atoms with Gasteiger partial charge in [-0.1, -0.05) is 141 Å². The van der Waals surface area contributed by atoms with Gasteiger partial charge in [0, 0.05) is 43.1 Å². The summed E-state index contributed by atoms with van der Waals surface area (Å²) in [6, 6.07) is 51.2. The number of nitrogens with zero attached hydrogens (tertiary/aromatic N) is 4. The largest absolute Gasteiger partial charge is 0.310 e. The van der Waals surface area contributed by atoms with Gasteiger partial charge in [0.15, 0.2) is 17.5 Å². The van der Waals surface area contributed by atoms with Crippen molar-refractivity contribution in [3.63, 3.8) is 0 Å². The Kier molecular flexibility index (Phi) is 6.77. The van der Waals surface area contributed by atoms with Crippen LogP contribution >= 0.6 is 11.8 Å². The molecule has 6 aromatic carbocycles. The molecule has 1 aromatic heterocycles. The van der Waals surface area contributed by atoms with Crippen LogP contribution in [0.4, 0.5) is 17.1 Å². The summed E-state index contributed by atoms with van der Waals surface area (Å²) in [6.07, 6.45) is 0.950. The molecule has 3 heterocycles. The molecule has 5 heteroatoms. The predicted molar refractivity (Wildman–Crippen MR) is 196 cm³/mol. The van der Waals surface area contributed by atoms with Crippen molar-refractivity contribution in [3.05, 3.63) is 168 Å². The maximum Gasteiger partial charge on any atom is 0.164 e. The highest BCUT2D eigenvalue weighted by molar-refractivity contribution is 7.99. The molecule has 0 amide bonds. The Morgan fingerprint density at radius 2 is 1.15 bits per heavy atom. The second-order valence-corrected chi connectivity index (χ2v) is 14.0. The maximum absolute atomic E-state index is 5.03. The van der Waals surface area contributed by atoms with Crippen LogP contribution in [-0.4, -0.2) is 15.0 Å². The topological polar surface area (TPSA) is 41.9 Å². The van der Waals surface area contributed by atoms with Crippen molar-refractivity contribution >= 4 is 28.8 Å². The van der Waals surface area contributed by atoms with E-state index in [0.29, 0.717) is 17.5 Å². The number of hydrogen-bond acceptors (Lipinski definition) is 5. The Hall–Kier alpha value is -5.52. The van der Waals surface area contributed by atoms with Crippen molar-refractivity contribution in [2.45, 2.75) is 35.5 Å². The molecule has 0 fully saturated rings. The number of anilines is 3. The van der Waals surface area contributed by atoms with Crippen molar-refractivity contribution in [2.75, 3.05) is 4.90 Å². The average molecular weight is 637 g/mol. The Morgan fingerprint density at radius 3 is 1.88 bits per heavy atom. The van der Waals surface area contributed by atoms with E-state index in [0.717, 1.165) is 28.8 Å². The summed E-state index contributed by atoms with van der Waals surface area (Å²) < 4.78 is 0. The fourth-order valence-electron chi connectivity index (χ4n) is 7.19. The third-order valence-corrected chi connectivity index (χ3v) is 10.8. The normalized spacial score (nSPS) is 14.0. The average Bonchev–Trinajstić information content (AvgIpc) is 3.14. The summed E-state index contributed by atoms with van der Waals surface area (Å²) in [7, 11) is 0. The molecule has 230 valence electrons. The van der Waals surface area contributed by atoms with E-state index in [1.54, 1.807) is 0 Å². The lowest BCUT2D eigenvalue weighted by atomic mass is 9.72. The number of rotatable bonds is 4. The summed E-state index contributed by atoms with van der Waals surface area (Å²) in [5.74, 6) is 1.96. The quantitative estimate of drug-likeness (QED) is 0.192. The zero-order valence-corrected chi connectivity index (χ0v) is 27.6. The van der Waals surface area contributed by atoms with E-state index in [-0.39, 0.29) is 5.41 Å². The van der Waals surface area contributed by atoms with Gasteiger partial charge in [-0.2, -0.15) is 0 Å². The van der Waals surface area contributed by atoms with Crippen LogP contribution in [0.2, 0.25) is 0 Å². The third-order valence-electron chi connectivity index (χ3n) is 9.53. The van der Waals surface area contributed by atoms with E-state index in [4.69, 9.17) is 15.0 Å². The fourth-order valence-corrected chi connectivity index (χ4v) is 8.56. The first-order chi connectivity index (χ1) is 23.5. The second kappa shape index (κ2) is 11.3. The number of benzene rings is 6. The first kappa shape index (κ1) is 28.7. The molecular weight excluding hydrogens is 605 g/mol. The van der Waals surface area contributed by atoms with E-state index < -0.39 is 0 Å². The highest BCUT2D eigenvalue weighted by Gasteiger charge is 2.40. The molecule has 0 saturated heterocycles. The van der Waals surface area contributed by atoms with Gasteiger partial charge in [-0.05, 0) is 53.4 Å². The van der Waals surface area contributed by atoms with Gasteiger partial charge in [0.2, 0.25) is 0 Å². The van der Waals surface area contributed by atoms with Crippen molar-refractivity contribution in [2.24, 2.45) is 0 Å². The van der Waals surface area contributed by atoms with Crippen LogP contribution in [0.25, 0.3) is 34.2 Å². The van der Waals surface area contributed by atoms with Gasteiger partial charge in [0.1, 0.15) is 0 Å². The fraction of sp³-hybridized carbons (Fsp3) is 0.0930. The monoisotopic (exact) mass is 636 g/mol. The first-order valence-electron chi connectivity index (χ1n) is 16.3. The summed E-state index contributed by atoms with van der Waals surface area (Å²) >= 11 is 1.92. The molecule has 0 N–H and O–H groups in total. The van der Waals surface area contributed by atoms with Crippen LogP contribution < -0.4 is 4.90 Å². The Morgan fingerprint density at radius 1 is 0.542 bits per heavy atom. The molecule has 0 atom stereocenters. The van der Waals surface area contributed by atoms with Crippen LogP contribution in [0.1, 0.15) is 36.1 Å². The lowest BCUT2D eigenvalue weighted by Crippen LogP contribution is -2.32. The molecule has 0 bridgehead atoms. The Labute approximate surface area is 285 Å². The minimum atomic E-state index is -0.186. The highest BCUT2D eigenvalue weighted by atomic mass is 32.2. The van der Waals surface area contributed by atoms with Gasteiger partial charge in [0.05, 0.1) is 11.4 Å². The molecule has 0 saturated carbocycles. The minimum Gasteiger partial charge on any atom is -0.310 e. The van der Waals surface area contributed by atoms with Crippen LogP contribution in [0.15, 0.2) is 155 Å². The van der Waals surface area contributed by atoms with Crippen LogP contribution in [-0.2, 0) is 11.8 Å². The Balaban J connectivity index is 1.22. The van der Waals surface area contributed by atoms with Crippen LogP contribution in [0, 0.1) is 0 Å². The lowest BCUT2D eigenvalue weighted by molar-refractivity contribution is 0.615. The van der Waals surface area contributed by atoms with Gasteiger partial charge in [-0.25, -0.2) is 15.0 Å². The van der Waals surface area contributed by atoms with E-state index in [9.17, 15) is 0 Å². The van der Waals surface area contributed by atoms with Gasteiger partial charge in [-0.3, -0.25) is 0 Å². The summed E-state index contributed by atoms with van der Waals surface area (Å²) in [5, 5.41) is 0. The standard InChI is InChI=1S/C43H32N4S/c1-43(2)34-21-10-11-22-35(34)47(36-25-24-31-26-30-18-9-12-23-37(30)48-39(31)38(36)43)33-20-13-19-32(27-33)42-45-40(28-14-5-3-6-15-28)44-41(46-42)29-16-7-4-8-17-29/h3-25,27H,26H2,1-2H3. The minimum absolute atomic E-state index is 0.186. The molecule has 2 aliphatic heterocycles. The van der Waals surface area contributed by atoms with E-state index in [2.05, 4.69) is 104 Å². The lowest BCUT2D eigenvalue weighted by Gasteiger charge is -2.44. The Bertz CT molecular complexity index is 2270. The van der Waals surface area contributed by atoms with Gasteiger partial charge >= 0.3 is 0 Å². The van der Waals surface area contributed by atoms with E-state index in [1.165, 1.54) is 43.4 Å². The summed E-state index contributed by atoms with van der Waals surface area (Å²) in [5.41, 5.74) is 11.6. The molecule has 0 radical (unpaired) electrons. The molecule has 0 spiro atoms. The van der Waals surface area contributed by atoms with Crippen molar-refractivity contribution in [1.29, 1.82) is 0 Å². The first-order valence-corrected chi connectivity index (χ1v) is 17.2. The molecule has 4 nitrogen and oxygen atoms in total. The zero-order valence-electron chi connectivity index (χ0n) is 26.8. The third kappa shape index (κ3) is 4.73. The smallest absolute Gasteiger partial charge is 0.164 e. The van der Waals surface area contributed by atoms with Gasteiger partial charge in [0.25, 0.3) is 0 Å². The molecular formula is C43H32N4S. The molecule has 48 heavy (non-hydrogen) atoms. The van der Waals surface area contributed by atoms with E-state index in [1.807, 2.05) is 72.4 Å². The number of hydrogen-bond donors (Lipinski definition) is 0. The number of fused-ring (bicyclic) bond motifs is 5.